The minimum absolute atomic E-state index is 0.502. The number of rotatable bonds is 42. The molecule has 0 amide bonds. The fourth-order valence-electron chi connectivity index (χ4n) is 13.8. The van der Waals surface area contributed by atoms with Crippen LogP contribution in [-0.2, 0) is 171 Å². The first-order chi connectivity index (χ1) is 58.1. The highest BCUT2D eigenvalue weighted by Gasteiger charge is 2.64. The predicted octanol–water partition coefficient (Wildman–Crippen LogP) is 3.83. The molecule has 22 rings (SSSR count). The van der Waals surface area contributed by atoms with Crippen LogP contribution in [-0.4, -0.2) is 409 Å². The Labute approximate surface area is 743 Å². The predicted molar refractivity (Wildman–Crippen MR) is 435 cm³/mol. The van der Waals surface area contributed by atoms with E-state index in [9.17, 15) is 30.6 Å². The molecule has 22 heterocycles. The SMILES string of the molecule is COC(C)(C)OC[C@H]1O[C@@H]2O[C@H]3[C@H](O)[C@@H](OC(C)(C)OC)[C@@H](O[C@H]4[C@H](O)[C@@H](OC(C)(C)OC)[C@@H](O[C@H]5[C@H](O)[C@@H](OC(C)(C)OC)[C@@H](O[C@H]6[C@H](O)[C@@H](OC(C)(C)OC)[C@@H](O[C@H]7[C@H](O)[C@@H](OC(C)(C)OC)[C@@H](O[C@H]1[C@H](O)[C@H]2OC(C)(C)OC)O[C@@H]7COC(C)(C)OC)O[C@@H]6COC(C)(C)OC)O[C@@H]5COC(C)(C)OC)O[C@@H]4COC(C)(C)OC)O[C@@H]3COC(C)(C)OC. The molecule has 22 saturated heterocycles. The van der Waals surface area contributed by atoms with E-state index in [0.717, 1.165) is 0 Å². The van der Waals surface area contributed by atoms with Gasteiger partial charge < -0.3 is 201 Å². The van der Waals surface area contributed by atoms with Gasteiger partial charge in [0, 0.05) is 85.3 Å². The van der Waals surface area contributed by atoms with Crippen molar-refractivity contribution < 1.29 is 201 Å². The van der Waals surface area contributed by atoms with Crippen LogP contribution in [0.3, 0.4) is 0 Å². The highest BCUT2D eigenvalue weighted by atomic mass is 16.9. The molecule has 0 spiro atoms. The average molecular weight is 1840 g/mol. The van der Waals surface area contributed by atoms with Crippen molar-refractivity contribution >= 4 is 0 Å². The Morgan fingerprint density at radius 2 is 0.270 bits per heavy atom. The fraction of sp³-hybridized carbons (Fsp3) is 1.00. The molecule has 22 fully saturated rings. The summed E-state index contributed by atoms with van der Waals surface area (Å²) in [4.78, 5) is 0. The average Bonchev–Trinajstić information content (AvgIpc) is 0.790. The molecule has 126 heavy (non-hydrogen) atoms. The fourth-order valence-corrected chi connectivity index (χ4v) is 13.8. The summed E-state index contributed by atoms with van der Waals surface area (Å²) in [6.45, 7) is 35.1. The normalized spacial score (nSPS) is 36.4. The molecule has 0 aliphatic carbocycles. The quantitative estimate of drug-likeness (QED) is 0.0473. The van der Waals surface area contributed by atoms with E-state index in [-0.39, 0.29) is 0 Å². The topological polar surface area (TPSA) is 454 Å². The molecule has 30 atom stereocenters. The largest absolute Gasteiger partial charge is 0.387 e. The zero-order valence-electron chi connectivity index (χ0n) is 80.9. The number of methoxy groups -OCH3 is 12. The summed E-state index contributed by atoms with van der Waals surface area (Å²) in [6, 6.07) is 0. The van der Waals surface area contributed by atoms with Crippen LogP contribution in [0, 0.1) is 0 Å². The van der Waals surface area contributed by atoms with Crippen LogP contribution >= 0.6 is 0 Å². The second-order valence-electron chi connectivity index (χ2n) is 37.4. The minimum atomic E-state index is -1.97. The number of ether oxygens (including phenoxy) is 36. The van der Waals surface area contributed by atoms with Crippen LogP contribution < -0.4 is 0 Å². The molecule has 22 aliphatic heterocycles. The van der Waals surface area contributed by atoms with Gasteiger partial charge in [0.2, 0.25) is 0 Å². The van der Waals surface area contributed by atoms with Gasteiger partial charge in [-0.15, -0.1) is 0 Å². The second kappa shape index (κ2) is 45.1. The molecule has 0 aromatic heterocycles. The number of hydrogen-bond acceptors (Lipinski definition) is 42. The second-order valence-corrected chi connectivity index (χ2v) is 37.4. The van der Waals surface area contributed by atoms with E-state index in [4.69, 9.17) is 171 Å². The van der Waals surface area contributed by atoms with Crippen molar-refractivity contribution in [2.24, 2.45) is 0 Å². The van der Waals surface area contributed by atoms with Crippen molar-refractivity contribution in [1.29, 1.82) is 0 Å². The molecule has 744 valence electrons. The summed E-state index contributed by atoms with van der Waals surface area (Å²) in [5.74, 6) is -18.1. The van der Waals surface area contributed by atoms with Crippen molar-refractivity contribution in [3.05, 3.63) is 0 Å². The lowest BCUT2D eigenvalue weighted by Gasteiger charge is -2.54. The minimum Gasteiger partial charge on any atom is -0.387 e. The van der Waals surface area contributed by atoms with Crippen LogP contribution in [0.1, 0.15) is 166 Å². The van der Waals surface area contributed by atoms with E-state index in [2.05, 4.69) is 0 Å². The van der Waals surface area contributed by atoms with Gasteiger partial charge in [0.15, 0.2) is 107 Å². The van der Waals surface area contributed by atoms with Crippen LogP contribution in [0.4, 0.5) is 0 Å². The van der Waals surface area contributed by atoms with Crippen molar-refractivity contribution in [2.45, 2.75) is 420 Å². The molecule has 6 N–H and O–H groups in total. The molecule has 42 nitrogen and oxygen atoms in total. The third-order valence-electron chi connectivity index (χ3n) is 23.4. The Morgan fingerprint density at radius 3 is 0.365 bits per heavy atom. The van der Waals surface area contributed by atoms with Crippen molar-refractivity contribution in [3.8, 4) is 0 Å². The Kier molecular flexibility index (Phi) is 39.8. The molecular formula is C84H156O42. The van der Waals surface area contributed by atoms with Gasteiger partial charge in [-0.05, 0) is 166 Å². The first-order valence-electron chi connectivity index (χ1n) is 42.6. The van der Waals surface area contributed by atoms with Crippen molar-refractivity contribution in [2.75, 3.05) is 125 Å². The molecule has 0 unspecified atom stereocenters. The maximum Gasteiger partial charge on any atom is 0.187 e. The van der Waals surface area contributed by atoms with Gasteiger partial charge in [-0.1, -0.05) is 0 Å². The number of hydrogen-bond donors (Lipinski definition) is 6. The molecule has 0 radical (unpaired) electrons. The summed E-state index contributed by atoms with van der Waals surface area (Å²) < 4.78 is 235. The van der Waals surface area contributed by atoms with Gasteiger partial charge in [0.05, 0.1) is 39.6 Å². The maximum absolute atomic E-state index is 13.7. The molecule has 42 heteroatoms. The van der Waals surface area contributed by atoms with Gasteiger partial charge in [-0.3, -0.25) is 0 Å². The molecule has 22 aliphatic rings. The van der Waals surface area contributed by atoms with Crippen LogP contribution in [0.25, 0.3) is 0 Å². The van der Waals surface area contributed by atoms with E-state index in [1.807, 2.05) is 0 Å². The van der Waals surface area contributed by atoms with E-state index >= 15 is 0 Å². The summed E-state index contributed by atoms with van der Waals surface area (Å²) in [5, 5.41) is 82.1. The van der Waals surface area contributed by atoms with E-state index in [0.29, 0.717) is 0 Å². The smallest absolute Gasteiger partial charge is 0.187 e. The number of aliphatic hydroxyl groups is 6. The van der Waals surface area contributed by atoms with Gasteiger partial charge in [0.1, 0.15) is 146 Å². The first-order valence-corrected chi connectivity index (χ1v) is 42.6. The summed E-state index contributed by atoms with van der Waals surface area (Å²) in [5.41, 5.74) is 0. The van der Waals surface area contributed by atoms with Crippen molar-refractivity contribution in [1.82, 2.24) is 0 Å². The summed E-state index contributed by atoms with van der Waals surface area (Å²) in [7, 11) is 16.6. The highest BCUT2D eigenvalue weighted by Crippen LogP contribution is 2.45. The lowest BCUT2D eigenvalue weighted by molar-refractivity contribution is -0.433. The summed E-state index contributed by atoms with van der Waals surface area (Å²) in [6.07, 6.45) is -53.1. The highest BCUT2D eigenvalue weighted by molar-refractivity contribution is 5.04. The van der Waals surface area contributed by atoms with Gasteiger partial charge in [-0.2, -0.15) is 0 Å². The molecule has 12 bridgehead atoms. The Morgan fingerprint density at radius 1 is 0.167 bits per heavy atom. The monoisotopic (exact) mass is 1840 g/mol. The van der Waals surface area contributed by atoms with Gasteiger partial charge in [-0.25, -0.2) is 0 Å². The van der Waals surface area contributed by atoms with Crippen LogP contribution in [0.2, 0.25) is 0 Å². The standard InChI is InChI=1S/C84H156O42/c1-73(2,91-25)103-37-43-55-49(85)61(121-79(13,14)97-31)67(109-43)116-56-44(38-104-74(3,4)92-26)111-69(63(50(56)86)123-81(17,18)99-33)118-58-46(40-106-76(7,8)94-28)113-71(65(52(58)88)125-83(21,22)101-35)120-60-48(42-108-78(11,12)96-30)114-72(66(54(60)90)126-84(23,24)102-36)119-59-47(41-107-77(9,10)95-29)112-70(64(53(59)89)124-82(19,20)100-34)117-57-45(39-105-75(5,6)93-27)110-68(115-55)62(51(57)87)122-80(15,16)98-32/h43-72,85-90H,37-42H2,1-36H3/t43-,44-,45-,46-,47-,48-,49+,50+,51+,52+,53+,54+,55-,56-,57-,58-,59-,60-,61-,62-,63-,64-,65-,66-,67-,68-,69-,70-,71-,72-/m1/s1. The molecule has 0 aromatic carbocycles. The Bertz CT molecular complexity index is 2660. The molecular weight excluding hydrogens is 1680 g/mol. The third kappa shape index (κ3) is 30.2. The lowest BCUT2D eigenvalue weighted by Crippen LogP contribution is -2.71. The number of aliphatic hydroxyl groups excluding tert-OH is 6. The third-order valence-corrected chi connectivity index (χ3v) is 23.4. The lowest BCUT2D eigenvalue weighted by atomic mass is 9.94. The van der Waals surface area contributed by atoms with Gasteiger partial charge in [0.25, 0.3) is 0 Å². The zero-order valence-corrected chi connectivity index (χ0v) is 80.9. The van der Waals surface area contributed by atoms with Crippen LogP contribution in [0.15, 0.2) is 0 Å². The maximum atomic E-state index is 13.7. The van der Waals surface area contributed by atoms with E-state index in [1.54, 1.807) is 166 Å². The first kappa shape index (κ1) is 111. The summed E-state index contributed by atoms with van der Waals surface area (Å²) >= 11 is 0. The molecule has 0 saturated carbocycles. The molecule has 0 aromatic rings. The van der Waals surface area contributed by atoms with Gasteiger partial charge >= 0.3 is 0 Å². The zero-order chi connectivity index (χ0) is 95.0. The Hall–Kier alpha value is -1.68. The Balaban J connectivity index is 1.61. The van der Waals surface area contributed by atoms with Crippen LogP contribution in [0.5, 0.6) is 0 Å². The van der Waals surface area contributed by atoms with E-state index < -0.39 is 293 Å². The van der Waals surface area contributed by atoms with E-state index in [1.165, 1.54) is 85.3 Å². The van der Waals surface area contributed by atoms with Crippen molar-refractivity contribution in [3.63, 3.8) is 0 Å².